The molecular weight excluding hydrogens is 312 g/mol. The highest BCUT2D eigenvalue weighted by atomic mass is 16.6. The second-order valence-electron chi connectivity index (χ2n) is 6.63. The van der Waals surface area contributed by atoms with Gasteiger partial charge in [-0.1, -0.05) is 0 Å². The lowest BCUT2D eigenvalue weighted by Crippen LogP contribution is -2.25. The number of carbonyl (C=O) groups excluding carboxylic acids is 2. The third-order valence-electron chi connectivity index (χ3n) is 3.21. The predicted octanol–water partition coefficient (Wildman–Crippen LogP) is 2.17. The Labute approximate surface area is 141 Å². The molecule has 1 amide bonds. The molecule has 1 saturated heterocycles. The van der Waals surface area contributed by atoms with Crippen LogP contribution in [0.15, 0.2) is 18.3 Å². The number of pyridine rings is 1. The Morgan fingerprint density at radius 3 is 2.88 bits per heavy atom. The van der Waals surface area contributed by atoms with E-state index in [1.54, 1.807) is 26.8 Å². The molecule has 2 rings (SSSR count). The van der Waals surface area contributed by atoms with E-state index in [0.717, 1.165) is 19.4 Å². The first kappa shape index (κ1) is 18.4. The minimum atomic E-state index is -0.603. The highest BCUT2D eigenvalue weighted by Gasteiger charge is 2.19. The average molecular weight is 336 g/mol. The van der Waals surface area contributed by atoms with E-state index < -0.39 is 11.6 Å². The van der Waals surface area contributed by atoms with Gasteiger partial charge in [0.1, 0.15) is 17.9 Å². The third kappa shape index (κ3) is 6.25. The normalized spacial score (nSPS) is 17.5. The topological polar surface area (TPSA) is 86.8 Å². The molecule has 1 atom stereocenters. The summed E-state index contributed by atoms with van der Waals surface area (Å²) < 4.78 is 16.0. The maximum absolute atomic E-state index is 12.0. The summed E-state index contributed by atoms with van der Waals surface area (Å²) in [6.45, 7) is 6.44. The van der Waals surface area contributed by atoms with Crippen LogP contribution in [0.3, 0.4) is 0 Å². The fraction of sp³-hybridized carbons (Fsp3) is 0.588. The van der Waals surface area contributed by atoms with Crippen molar-refractivity contribution in [2.45, 2.75) is 45.3 Å². The summed E-state index contributed by atoms with van der Waals surface area (Å²) in [6, 6.07) is 3.08. The van der Waals surface area contributed by atoms with E-state index in [4.69, 9.17) is 14.2 Å². The first-order chi connectivity index (χ1) is 11.3. The number of rotatable bonds is 6. The number of carbonyl (C=O) groups is 2. The lowest BCUT2D eigenvalue weighted by Gasteiger charge is -2.19. The van der Waals surface area contributed by atoms with Crippen molar-refractivity contribution in [3.8, 4) is 0 Å². The number of nitrogens with zero attached hydrogens (tertiary/aromatic N) is 1. The van der Waals surface area contributed by atoms with Gasteiger partial charge in [-0.3, -0.25) is 4.79 Å². The number of nitrogens with one attached hydrogen (secondary N) is 1. The molecule has 1 fully saturated rings. The van der Waals surface area contributed by atoms with Crippen molar-refractivity contribution in [2.24, 2.45) is 0 Å². The monoisotopic (exact) mass is 336 g/mol. The van der Waals surface area contributed by atoms with E-state index >= 15 is 0 Å². The zero-order valence-corrected chi connectivity index (χ0v) is 14.3. The van der Waals surface area contributed by atoms with E-state index in [9.17, 15) is 9.59 Å². The van der Waals surface area contributed by atoms with Crippen molar-refractivity contribution in [3.63, 3.8) is 0 Å². The molecule has 1 unspecified atom stereocenters. The van der Waals surface area contributed by atoms with Crippen molar-refractivity contribution in [1.82, 2.24) is 4.98 Å². The van der Waals surface area contributed by atoms with Crippen molar-refractivity contribution >= 4 is 17.6 Å². The van der Waals surface area contributed by atoms with E-state index in [0.29, 0.717) is 12.3 Å². The number of amides is 1. The Bertz CT molecular complexity index is 577. The van der Waals surface area contributed by atoms with Gasteiger partial charge in [-0.05, 0) is 45.7 Å². The van der Waals surface area contributed by atoms with E-state index in [-0.39, 0.29) is 24.3 Å². The Hall–Kier alpha value is -1.99. The van der Waals surface area contributed by atoms with Gasteiger partial charge in [0.25, 0.3) is 0 Å². The number of hydrogen-bond acceptors (Lipinski definition) is 6. The molecule has 1 aliphatic heterocycles. The molecule has 0 spiro atoms. The SMILES string of the molecule is CC(C)(C)OC(=O)c1cc(NC(=O)COCC2CCCO2)ccn1. The van der Waals surface area contributed by atoms with Crippen LogP contribution in [0.2, 0.25) is 0 Å². The lowest BCUT2D eigenvalue weighted by molar-refractivity contribution is -0.121. The van der Waals surface area contributed by atoms with Gasteiger partial charge in [0.05, 0.1) is 12.7 Å². The van der Waals surface area contributed by atoms with Gasteiger partial charge in [0.15, 0.2) is 0 Å². The average Bonchev–Trinajstić information content (AvgIpc) is 2.99. The van der Waals surface area contributed by atoms with Crippen LogP contribution in [0.1, 0.15) is 44.1 Å². The summed E-state index contributed by atoms with van der Waals surface area (Å²) in [5.74, 6) is -0.831. The zero-order chi connectivity index (χ0) is 17.6. The van der Waals surface area contributed by atoms with Crippen LogP contribution >= 0.6 is 0 Å². The minimum Gasteiger partial charge on any atom is -0.455 e. The predicted molar refractivity (Wildman–Crippen MR) is 87.8 cm³/mol. The minimum absolute atomic E-state index is 0.0655. The molecule has 1 aliphatic rings. The van der Waals surface area contributed by atoms with Gasteiger partial charge < -0.3 is 19.5 Å². The summed E-state index contributed by atoms with van der Waals surface area (Å²) in [6.07, 6.45) is 3.52. The molecule has 0 saturated carbocycles. The standard InChI is InChI=1S/C17H24N2O5/c1-17(2,3)24-16(21)14-9-12(6-7-18-14)19-15(20)11-22-10-13-5-4-8-23-13/h6-7,9,13H,4-5,8,10-11H2,1-3H3,(H,18,19,20). The summed E-state index contributed by atoms with van der Waals surface area (Å²) >= 11 is 0. The Balaban J connectivity index is 1.82. The Morgan fingerprint density at radius 2 is 2.21 bits per heavy atom. The number of esters is 1. The van der Waals surface area contributed by atoms with Crippen LogP contribution < -0.4 is 5.32 Å². The number of hydrogen-bond donors (Lipinski definition) is 1. The molecule has 0 bridgehead atoms. The van der Waals surface area contributed by atoms with E-state index in [1.165, 1.54) is 12.3 Å². The van der Waals surface area contributed by atoms with Crippen LogP contribution in [0.4, 0.5) is 5.69 Å². The molecule has 24 heavy (non-hydrogen) atoms. The molecule has 1 aromatic heterocycles. The fourth-order valence-electron chi connectivity index (χ4n) is 2.21. The second kappa shape index (κ2) is 8.21. The van der Waals surface area contributed by atoms with Crippen molar-refractivity contribution in [3.05, 3.63) is 24.0 Å². The van der Waals surface area contributed by atoms with Crippen molar-refractivity contribution < 1.29 is 23.8 Å². The lowest BCUT2D eigenvalue weighted by atomic mass is 10.2. The third-order valence-corrected chi connectivity index (χ3v) is 3.21. The second-order valence-corrected chi connectivity index (χ2v) is 6.63. The Kier molecular flexibility index (Phi) is 6.28. The van der Waals surface area contributed by atoms with Gasteiger partial charge in [0.2, 0.25) is 5.91 Å². The molecule has 0 radical (unpaired) electrons. The van der Waals surface area contributed by atoms with E-state index in [1.807, 2.05) is 0 Å². The summed E-state index contributed by atoms with van der Waals surface area (Å²) in [4.78, 5) is 27.8. The molecule has 7 heteroatoms. The quantitative estimate of drug-likeness (QED) is 0.801. The molecule has 132 valence electrons. The van der Waals surface area contributed by atoms with Gasteiger partial charge in [-0.25, -0.2) is 9.78 Å². The maximum atomic E-state index is 12.0. The zero-order valence-electron chi connectivity index (χ0n) is 14.3. The smallest absolute Gasteiger partial charge is 0.357 e. The van der Waals surface area contributed by atoms with Crippen LogP contribution in [0.25, 0.3) is 0 Å². The maximum Gasteiger partial charge on any atom is 0.357 e. The van der Waals surface area contributed by atoms with Crippen molar-refractivity contribution in [2.75, 3.05) is 25.1 Å². The van der Waals surface area contributed by atoms with Gasteiger partial charge in [0, 0.05) is 18.5 Å². The van der Waals surface area contributed by atoms with Gasteiger partial charge >= 0.3 is 5.97 Å². The number of anilines is 1. The van der Waals surface area contributed by atoms with Crippen molar-refractivity contribution in [1.29, 1.82) is 0 Å². The number of aromatic nitrogens is 1. The van der Waals surface area contributed by atoms with E-state index in [2.05, 4.69) is 10.3 Å². The molecule has 7 nitrogen and oxygen atoms in total. The first-order valence-corrected chi connectivity index (χ1v) is 8.02. The van der Waals surface area contributed by atoms with Gasteiger partial charge in [-0.15, -0.1) is 0 Å². The summed E-state index contributed by atoms with van der Waals surface area (Å²) in [5.41, 5.74) is 0.00771. The molecule has 1 N–H and O–H groups in total. The van der Waals surface area contributed by atoms with Crippen LogP contribution in [-0.4, -0.2) is 48.4 Å². The van der Waals surface area contributed by atoms with Crippen LogP contribution in [0, 0.1) is 0 Å². The van der Waals surface area contributed by atoms with Crippen LogP contribution in [-0.2, 0) is 19.0 Å². The summed E-state index contributed by atoms with van der Waals surface area (Å²) in [5, 5.41) is 2.67. The first-order valence-electron chi connectivity index (χ1n) is 8.02. The highest BCUT2D eigenvalue weighted by molar-refractivity contribution is 5.94. The van der Waals surface area contributed by atoms with Crippen LogP contribution in [0.5, 0.6) is 0 Å². The molecular formula is C17H24N2O5. The molecule has 0 aliphatic carbocycles. The highest BCUT2D eigenvalue weighted by Crippen LogP contribution is 2.14. The molecule has 2 heterocycles. The molecule has 0 aromatic carbocycles. The Morgan fingerprint density at radius 1 is 1.42 bits per heavy atom. The van der Waals surface area contributed by atoms with Gasteiger partial charge in [-0.2, -0.15) is 0 Å². The summed E-state index contributed by atoms with van der Waals surface area (Å²) in [7, 11) is 0. The largest absolute Gasteiger partial charge is 0.455 e. The fourth-order valence-corrected chi connectivity index (χ4v) is 2.21. The molecule has 1 aromatic rings. The number of ether oxygens (including phenoxy) is 3.